The fourth-order valence-corrected chi connectivity index (χ4v) is 2.39. The van der Waals surface area contributed by atoms with Gasteiger partial charge in [-0.3, -0.25) is 4.79 Å². The Morgan fingerprint density at radius 3 is 2.94 bits per heavy atom. The molecule has 92 valence electrons. The number of halogens is 1. The minimum absolute atomic E-state index is 0.203. The largest absolute Gasteiger partial charge is 0.368 e. The first-order valence-electron chi connectivity index (χ1n) is 5.65. The molecule has 1 aromatic heterocycles. The van der Waals surface area contributed by atoms with Gasteiger partial charge in [0.05, 0.1) is 0 Å². The van der Waals surface area contributed by atoms with Crippen molar-refractivity contribution in [3.05, 3.63) is 17.0 Å². The van der Waals surface area contributed by atoms with Gasteiger partial charge in [0.25, 0.3) is 0 Å². The zero-order chi connectivity index (χ0) is 12.4. The number of nitrogens with two attached hydrogens (primary N) is 1. The van der Waals surface area contributed by atoms with Gasteiger partial charge in [0.2, 0.25) is 11.2 Å². The Labute approximate surface area is 105 Å². The van der Waals surface area contributed by atoms with E-state index in [4.69, 9.17) is 17.3 Å². The highest BCUT2D eigenvalue weighted by Gasteiger charge is 2.28. The van der Waals surface area contributed by atoms with Gasteiger partial charge in [0.1, 0.15) is 11.9 Å². The number of rotatable bonds is 2. The number of primary amides is 1. The molecule has 17 heavy (non-hydrogen) atoms. The van der Waals surface area contributed by atoms with Crippen LogP contribution in [0.2, 0.25) is 5.28 Å². The molecule has 1 atom stereocenters. The lowest BCUT2D eigenvalue weighted by Gasteiger charge is -2.34. The first-order valence-corrected chi connectivity index (χ1v) is 6.03. The maximum absolute atomic E-state index is 11.4. The zero-order valence-corrected chi connectivity index (χ0v) is 10.4. The Bertz CT molecular complexity index is 417. The third kappa shape index (κ3) is 2.66. The summed E-state index contributed by atoms with van der Waals surface area (Å²) in [6, 6.07) is 1.54. The molecular weight excluding hydrogens is 240 g/mol. The smallest absolute Gasteiger partial charge is 0.240 e. The number of hydrogen-bond donors (Lipinski definition) is 1. The van der Waals surface area contributed by atoms with Crippen LogP contribution in [0.15, 0.2) is 6.07 Å². The number of aromatic nitrogens is 2. The molecule has 0 saturated carbocycles. The molecule has 1 aliphatic rings. The predicted octanol–water partition coefficient (Wildman–Crippen LogP) is 1.28. The summed E-state index contributed by atoms with van der Waals surface area (Å²) in [5.41, 5.74) is 6.20. The van der Waals surface area contributed by atoms with E-state index in [1.165, 1.54) is 0 Å². The van der Waals surface area contributed by atoms with Crippen molar-refractivity contribution in [3.63, 3.8) is 0 Å². The van der Waals surface area contributed by atoms with E-state index in [0.717, 1.165) is 31.5 Å². The third-order valence-electron chi connectivity index (χ3n) is 2.94. The van der Waals surface area contributed by atoms with Gasteiger partial charge in [-0.25, -0.2) is 9.97 Å². The highest BCUT2D eigenvalue weighted by molar-refractivity contribution is 6.28. The Kier molecular flexibility index (Phi) is 3.47. The number of hydrogen-bond acceptors (Lipinski definition) is 4. The first-order chi connectivity index (χ1) is 8.08. The van der Waals surface area contributed by atoms with Gasteiger partial charge in [0, 0.05) is 18.3 Å². The average molecular weight is 255 g/mol. The molecule has 1 fully saturated rings. The molecule has 0 bridgehead atoms. The summed E-state index contributed by atoms with van der Waals surface area (Å²) in [5, 5.41) is 0.203. The molecule has 1 aliphatic heterocycles. The van der Waals surface area contributed by atoms with Crippen LogP contribution in [-0.2, 0) is 4.79 Å². The summed E-state index contributed by atoms with van der Waals surface area (Å²) in [6.45, 7) is 2.63. The normalized spacial score (nSPS) is 20.4. The SMILES string of the molecule is Cc1cc(N2CCCCC2C(N)=O)nc(Cl)n1. The lowest BCUT2D eigenvalue weighted by Crippen LogP contribution is -2.48. The molecule has 1 unspecified atom stereocenters. The molecule has 1 aromatic rings. The van der Waals surface area contributed by atoms with Crippen LogP contribution in [0.5, 0.6) is 0 Å². The minimum Gasteiger partial charge on any atom is -0.368 e. The van der Waals surface area contributed by atoms with E-state index in [2.05, 4.69) is 9.97 Å². The maximum Gasteiger partial charge on any atom is 0.240 e. The Balaban J connectivity index is 2.32. The summed E-state index contributed by atoms with van der Waals surface area (Å²) in [5.74, 6) is 0.378. The number of anilines is 1. The van der Waals surface area contributed by atoms with Crippen molar-refractivity contribution >= 4 is 23.3 Å². The third-order valence-corrected chi connectivity index (χ3v) is 3.11. The topological polar surface area (TPSA) is 72.1 Å². The molecule has 5 nitrogen and oxygen atoms in total. The molecule has 0 spiro atoms. The molecule has 1 saturated heterocycles. The lowest BCUT2D eigenvalue weighted by molar-refractivity contribution is -0.119. The quantitative estimate of drug-likeness (QED) is 0.807. The van der Waals surface area contributed by atoms with Gasteiger partial charge < -0.3 is 10.6 Å². The Hall–Kier alpha value is -1.36. The van der Waals surface area contributed by atoms with E-state index in [1.807, 2.05) is 17.9 Å². The van der Waals surface area contributed by atoms with Crippen LogP contribution in [0.25, 0.3) is 0 Å². The van der Waals surface area contributed by atoms with Gasteiger partial charge in [-0.15, -0.1) is 0 Å². The second-order valence-electron chi connectivity index (χ2n) is 4.24. The highest BCUT2D eigenvalue weighted by Crippen LogP contribution is 2.24. The average Bonchev–Trinajstić information content (AvgIpc) is 2.27. The van der Waals surface area contributed by atoms with Gasteiger partial charge in [-0.05, 0) is 37.8 Å². The van der Waals surface area contributed by atoms with E-state index in [9.17, 15) is 4.79 Å². The number of aryl methyl sites for hydroxylation is 1. The molecule has 0 radical (unpaired) electrons. The first kappa shape index (κ1) is 12.1. The van der Waals surface area contributed by atoms with Gasteiger partial charge >= 0.3 is 0 Å². The second kappa shape index (κ2) is 4.87. The summed E-state index contributed by atoms with van der Waals surface area (Å²) >= 11 is 5.83. The standard InChI is InChI=1S/C11H15ClN4O/c1-7-6-9(15-11(12)14-7)16-5-3-2-4-8(16)10(13)17/h6,8H,2-5H2,1H3,(H2,13,17). The number of piperidine rings is 1. The number of amides is 1. The predicted molar refractivity (Wildman–Crippen MR) is 66.0 cm³/mol. The monoisotopic (exact) mass is 254 g/mol. The summed E-state index contributed by atoms with van der Waals surface area (Å²) in [7, 11) is 0. The molecule has 2 N–H and O–H groups in total. The number of carbonyl (C=O) groups is 1. The van der Waals surface area contributed by atoms with Crippen LogP contribution in [0.1, 0.15) is 25.0 Å². The van der Waals surface area contributed by atoms with E-state index in [1.54, 1.807) is 0 Å². The van der Waals surface area contributed by atoms with Crippen molar-refractivity contribution in [3.8, 4) is 0 Å². The summed E-state index contributed by atoms with van der Waals surface area (Å²) < 4.78 is 0. The van der Waals surface area contributed by atoms with Gasteiger partial charge in [-0.1, -0.05) is 0 Å². The van der Waals surface area contributed by atoms with Crippen LogP contribution in [0.3, 0.4) is 0 Å². The summed E-state index contributed by atoms with van der Waals surface area (Å²) in [4.78, 5) is 21.5. The van der Waals surface area contributed by atoms with E-state index in [-0.39, 0.29) is 17.2 Å². The molecule has 0 aromatic carbocycles. The van der Waals surface area contributed by atoms with Crippen molar-refractivity contribution < 1.29 is 4.79 Å². The minimum atomic E-state index is -0.308. The van der Waals surface area contributed by atoms with Crippen LogP contribution in [-0.4, -0.2) is 28.5 Å². The molecular formula is C11H15ClN4O. The van der Waals surface area contributed by atoms with Gasteiger partial charge in [0.15, 0.2) is 0 Å². The molecule has 2 heterocycles. The Morgan fingerprint density at radius 2 is 2.29 bits per heavy atom. The molecule has 0 aliphatic carbocycles. The van der Waals surface area contributed by atoms with Crippen molar-refractivity contribution in [2.75, 3.05) is 11.4 Å². The van der Waals surface area contributed by atoms with Crippen molar-refractivity contribution in [2.45, 2.75) is 32.2 Å². The molecule has 6 heteroatoms. The zero-order valence-electron chi connectivity index (χ0n) is 9.69. The van der Waals surface area contributed by atoms with Crippen molar-refractivity contribution in [1.82, 2.24) is 9.97 Å². The Morgan fingerprint density at radius 1 is 1.53 bits per heavy atom. The van der Waals surface area contributed by atoms with E-state index < -0.39 is 0 Å². The lowest BCUT2D eigenvalue weighted by atomic mass is 10.0. The van der Waals surface area contributed by atoms with Crippen LogP contribution in [0.4, 0.5) is 5.82 Å². The fraction of sp³-hybridized carbons (Fsp3) is 0.545. The molecule has 2 rings (SSSR count). The van der Waals surface area contributed by atoms with E-state index >= 15 is 0 Å². The van der Waals surface area contributed by atoms with Crippen LogP contribution >= 0.6 is 11.6 Å². The number of nitrogens with zero attached hydrogens (tertiary/aromatic N) is 3. The highest BCUT2D eigenvalue weighted by atomic mass is 35.5. The van der Waals surface area contributed by atoms with Crippen molar-refractivity contribution in [2.24, 2.45) is 5.73 Å². The van der Waals surface area contributed by atoms with Crippen LogP contribution in [0, 0.1) is 6.92 Å². The molecule has 1 amide bonds. The van der Waals surface area contributed by atoms with Gasteiger partial charge in [-0.2, -0.15) is 0 Å². The summed E-state index contributed by atoms with van der Waals surface area (Å²) in [6.07, 6.45) is 2.82. The van der Waals surface area contributed by atoms with E-state index in [0.29, 0.717) is 5.82 Å². The fourth-order valence-electron chi connectivity index (χ4n) is 2.17. The number of carbonyl (C=O) groups excluding carboxylic acids is 1. The second-order valence-corrected chi connectivity index (χ2v) is 4.58. The maximum atomic E-state index is 11.4. The van der Waals surface area contributed by atoms with Crippen molar-refractivity contribution in [1.29, 1.82) is 0 Å². The van der Waals surface area contributed by atoms with Crippen LogP contribution < -0.4 is 10.6 Å².